The van der Waals surface area contributed by atoms with Crippen LogP contribution in [0.4, 0.5) is 0 Å². The number of aromatic amines is 1. The summed E-state index contributed by atoms with van der Waals surface area (Å²) in [5.74, 6) is 3.40. The number of hydrogen-bond acceptors (Lipinski definition) is 7. The minimum Gasteiger partial charge on any atom is -0.477 e. The van der Waals surface area contributed by atoms with Gasteiger partial charge in [0.15, 0.2) is 23.4 Å². The van der Waals surface area contributed by atoms with Gasteiger partial charge in [-0.15, -0.1) is 10.2 Å². The lowest BCUT2D eigenvalue weighted by Gasteiger charge is -2.57. The molecule has 8 heteroatoms. The number of ketones is 1. The van der Waals surface area contributed by atoms with Crippen molar-refractivity contribution >= 4 is 5.78 Å². The third kappa shape index (κ3) is 2.30. The van der Waals surface area contributed by atoms with Crippen molar-refractivity contribution in [2.75, 3.05) is 13.6 Å². The van der Waals surface area contributed by atoms with Crippen LogP contribution >= 0.6 is 0 Å². The highest BCUT2D eigenvalue weighted by molar-refractivity contribution is 5.89. The van der Waals surface area contributed by atoms with Crippen molar-refractivity contribution < 1.29 is 14.3 Å². The van der Waals surface area contributed by atoms with E-state index in [2.05, 4.69) is 38.6 Å². The molecule has 7 rings (SSSR count). The maximum atomic E-state index is 13.0. The number of piperidine rings is 1. The Kier molecular flexibility index (Phi) is 3.66. The molecule has 32 heavy (non-hydrogen) atoms. The maximum Gasteiger partial charge on any atom is 0.204 e. The van der Waals surface area contributed by atoms with Crippen LogP contribution in [0.15, 0.2) is 36.4 Å². The molecule has 8 nitrogen and oxygen atoms in total. The Morgan fingerprint density at radius 1 is 1.22 bits per heavy atom. The van der Waals surface area contributed by atoms with Crippen molar-refractivity contribution in [3.63, 3.8) is 0 Å². The molecule has 2 bridgehead atoms. The van der Waals surface area contributed by atoms with Crippen LogP contribution in [-0.2, 0) is 16.6 Å². The molecule has 2 fully saturated rings. The molecule has 1 saturated heterocycles. The quantitative estimate of drug-likeness (QED) is 0.684. The van der Waals surface area contributed by atoms with Gasteiger partial charge < -0.3 is 14.4 Å². The number of carbonyl (C=O) groups is 1. The van der Waals surface area contributed by atoms with Gasteiger partial charge in [-0.05, 0) is 79.9 Å². The Balaban J connectivity index is 1.30. The van der Waals surface area contributed by atoms with Crippen LogP contribution in [0, 0.1) is 5.92 Å². The lowest BCUT2D eigenvalue weighted by molar-refractivity contribution is -0.138. The van der Waals surface area contributed by atoms with Gasteiger partial charge in [0.1, 0.15) is 5.75 Å². The van der Waals surface area contributed by atoms with Crippen LogP contribution in [0.3, 0.4) is 0 Å². The number of Topliss-reactive ketones (excluding diaryl/α,β-unsaturated/α-hetero) is 1. The molecule has 2 aliphatic carbocycles. The van der Waals surface area contributed by atoms with Crippen molar-refractivity contribution in [3.8, 4) is 28.6 Å². The highest BCUT2D eigenvalue weighted by Gasteiger charge is 2.65. The molecule has 4 aliphatic rings. The van der Waals surface area contributed by atoms with Crippen LogP contribution in [0.25, 0.3) is 11.4 Å². The Morgan fingerprint density at radius 2 is 2.09 bits per heavy atom. The standard InChI is InChI=1S/C24H23N5O3/c1-29-11-10-24-16-7-8-18(30)22(24)32-21-19(9-4-14(20(21)24)12-17(16)29)31-15-5-2-13(3-6-15)23-25-27-28-26-23/h2-6,9,16-17,22H,7-8,10-12H2,1H3,(H,25,26,27,28). The van der Waals surface area contributed by atoms with Crippen molar-refractivity contribution in [1.82, 2.24) is 25.5 Å². The topological polar surface area (TPSA) is 93.2 Å². The van der Waals surface area contributed by atoms with E-state index in [0.29, 0.717) is 35.7 Å². The van der Waals surface area contributed by atoms with Crippen LogP contribution < -0.4 is 9.47 Å². The van der Waals surface area contributed by atoms with Crippen LogP contribution in [0.1, 0.15) is 30.4 Å². The average molecular weight is 429 g/mol. The number of tetrazole rings is 1. The van der Waals surface area contributed by atoms with E-state index < -0.39 is 0 Å². The third-order valence-electron chi connectivity index (χ3n) is 8.06. The zero-order valence-electron chi connectivity index (χ0n) is 17.7. The Labute approximate surface area is 184 Å². The summed E-state index contributed by atoms with van der Waals surface area (Å²) in [6.07, 6.45) is 3.16. The molecule has 2 aromatic carbocycles. The fraction of sp³-hybridized carbons (Fsp3) is 0.417. The molecule has 0 amide bonds. The number of carbonyl (C=O) groups excluding carboxylic acids is 1. The predicted molar refractivity (Wildman–Crippen MR) is 115 cm³/mol. The van der Waals surface area contributed by atoms with Gasteiger partial charge in [0.2, 0.25) is 5.82 Å². The second-order valence-electron chi connectivity index (χ2n) is 9.44. The monoisotopic (exact) mass is 429 g/mol. The first kappa shape index (κ1) is 18.3. The van der Waals surface area contributed by atoms with E-state index in [1.165, 1.54) is 11.1 Å². The van der Waals surface area contributed by atoms with E-state index in [1.807, 2.05) is 30.3 Å². The van der Waals surface area contributed by atoms with Crippen LogP contribution in [0.2, 0.25) is 0 Å². The van der Waals surface area contributed by atoms with Gasteiger partial charge in [0.25, 0.3) is 0 Å². The number of H-pyrrole nitrogens is 1. The molecule has 4 unspecified atom stereocenters. The molecule has 162 valence electrons. The number of aromatic nitrogens is 4. The number of likely N-dealkylation sites (tertiary alicyclic amines) is 1. The van der Waals surface area contributed by atoms with Gasteiger partial charge >= 0.3 is 0 Å². The average Bonchev–Trinajstić information content (AvgIpc) is 3.46. The van der Waals surface area contributed by atoms with Crippen molar-refractivity contribution in [3.05, 3.63) is 47.5 Å². The smallest absolute Gasteiger partial charge is 0.204 e. The normalized spacial score (nSPS) is 30.0. The molecular formula is C24H23N5O3. The number of benzene rings is 2. The van der Waals surface area contributed by atoms with E-state index in [1.54, 1.807) is 0 Å². The van der Waals surface area contributed by atoms with Gasteiger partial charge in [-0.1, -0.05) is 6.07 Å². The van der Waals surface area contributed by atoms with E-state index in [-0.39, 0.29) is 17.3 Å². The zero-order valence-corrected chi connectivity index (χ0v) is 17.7. The van der Waals surface area contributed by atoms with Crippen LogP contribution in [0.5, 0.6) is 17.2 Å². The SMILES string of the molecule is CN1CCC23c4c5ccc(Oc6ccc(-c7nn[nH]n7)cc6)c4OC2C(=O)CCC3C1C5. The van der Waals surface area contributed by atoms with E-state index in [4.69, 9.17) is 9.47 Å². The number of rotatable bonds is 3. The number of nitrogens with zero attached hydrogens (tertiary/aromatic N) is 4. The number of hydrogen-bond donors (Lipinski definition) is 1. The molecule has 3 aromatic rings. The summed E-state index contributed by atoms with van der Waals surface area (Å²) in [5, 5.41) is 14.1. The summed E-state index contributed by atoms with van der Waals surface area (Å²) in [4.78, 5) is 15.5. The molecule has 4 atom stereocenters. The number of likely N-dealkylation sites (N-methyl/N-ethyl adjacent to an activating group) is 1. The molecule has 1 saturated carbocycles. The van der Waals surface area contributed by atoms with E-state index in [0.717, 1.165) is 37.1 Å². The van der Waals surface area contributed by atoms with E-state index >= 15 is 0 Å². The largest absolute Gasteiger partial charge is 0.477 e. The molecule has 3 heterocycles. The van der Waals surface area contributed by atoms with Crippen LogP contribution in [-0.4, -0.2) is 57.0 Å². The highest BCUT2D eigenvalue weighted by Crippen LogP contribution is 2.63. The lowest BCUT2D eigenvalue weighted by Crippen LogP contribution is -2.65. The first-order chi connectivity index (χ1) is 15.6. The van der Waals surface area contributed by atoms with Crippen molar-refractivity contribution in [2.24, 2.45) is 5.92 Å². The predicted octanol–water partition coefficient (Wildman–Crippen LogP) is 2.90. The third-order valence-corrected chi connectivity index (χ3v) is 8.06. The Morgan fingerprint density at radius 3 is 2.91 bits per heavy atom. The summed E-state index contributed by atoms with van der Waals surface area (Å²) in [5.41, 5.74) is 3.21. The number of ether oxygens (including phenoxy) is 2. The first-order valence-corrected chi connectivity index (χ1v) is 11.2. The Bertz CT molecular complexity index is 1230. The minimum atomic E-state index is -0.378. The second kappa shape index (κ2) is 6.38. The summed E-state index contributed by atoms with van der Waals surface area (Å²) >= 11 is 0. The summed E-state index contributed by atoms with van der Waals surface area (Å²) < 4.78 is 12.8. The van der Waals surface area contributed by atoms with Gasteiger partial charge in [-0.25, -0.2) is 0 Å². The molecule has 1 N–H and O–H groups in total. The van der Waals surface area contributed by atoms with Gasteiger partial charge in [0, 0.05) is 29.0 Å². The number of nitrogens with one attached hydrogen (secondary N) is 1. The molecular weight excluding hydrogens is 406 g/mol. The van der Waals surface area contributed by atoms with Gasteiger partial charge in [-0.3, -0.25) is 4.79 Å². The van der Waals surface area contributed by atoms with Crippen molar-refractivity contribution in [2.45, 2.75) is 43.2 Å². The second-order valence-corrected chi connectivity index (χ2v) is 9.44. The summed E-state index contributed by atoms with van der Waals surface area (Å²) in [6, 6.07) is 12.2. The molecule has 1 spiro atoms. The lowest BCUT2D eigenvalue weighted by atomic mass is 9.52. The Hall–Kier alpha value is -3.26. The molecule has 2 aliphatic heterocycles. The van der Waals surface area contributed by atoms with Gasteiger partial charge in [-0.2, -0.15) is 5.21 Å². The minimum absolute atomic E-state index is 0.197. The maximum absolute atomic E-state index is 13.0. The highest BCUT2D eigenvalue weighted by atomic mass is 16.5. The first-order valence-electron chi connectivity index (χ1n) is 11.2. The van der Waals surface area contributed by atoms with Crippen molar-refractivity contribution in [1.29, 1.82) is 0 Å². The fourth-order valence-electron chi connectivity index (χ4n) is 6.67. The molecule has 1 aromatic heterocycles. The van der Waals surface area contributed by atoms with E-state index in [9.17, 15) is 4.79 Å². The summed E-state index contributed by atoms with van der Waals surface area (Å²) in [6.45, 7) is 0.996. The van der Waals surface area contributed by atoms with Gasteiger partial charge in [0.05, 0.1) is 0 Å². The summed E-state index contributed by atoms with van der Waals surface area (Å²) in [7, 11) is 2.22. The zero-order chi connectivity index (χ0) is 21.4. The fourth-order valence-corrected chi connectivity index (χ4v) is 6.67. The molecule has 0 radical (unpaired) electrons.